The molecule has 0 aliphatic heterocycles. The van der Waals surface area contributed by atoms with Gasteiger partial charge in [-0.15, -0.1) is 11.8 Å². The van der Waals surface area contributed by atoms with Gasteiger partial charge in [0.25, 0.3) is 5.91 Å². The van der Waals surface area contributed by atoms with E-state index in [1.807, 2.05) is 60.8 Å². The van der Waals surface area contributed by atoms with E-state index in [4.69, 9.17) is 4.74 Å². The standard InChI is InChI=1S/C24H22N2O3S/c27-23(25-12-11-19-14-26-22-8-4-3-7-21(19)22)15-29-24(28)16-30-20-10-9-17-5-1-2-6-18(17)13-20/h1-10,13-14,26H,11-12,15-16H2,(H,25,27). The molecule has 0 atom stereocenters. The van der Waals surface area contributed by atoms with E-state index in [-0.39, 0.29) is 18.3 Å². The Kier molecular flexibility index (Phi) is 6.35. The van der Waals surface area contributed by atoms with Crippen LogP contribution in [0, 0.1) is 0 Å². The Morgan fingerprint density at radius 2 is 1.77 bits per heavy atom. The van der Waals surface area contributed by atoms with Crippen LogP contribution in [-0.2, 0) is 20.7 Å². The Balaban J connectivity index is 1.17. The fourth-order valence-corrected chi connectivity index (χ4v) is 4.06. The number of hydrogen-bond acceptors (Lipinski definition) is 4. The number of nitrogens with one attached hydrogen (secondary N) is 2. The Labute approximate surface area is 178 Å². The number of carbonyl (C=O) groups excluding carboxylic acids is 2. The van der Waals surface area contributed by atoms with E-state index >= 15 is 0 Å². The molecule has 0 fully saturated rings. The summed E-state index contributed by atoms with van der Waals surface area (Å²) in [5.41, 5.74) is 2.23. The van der Waals surface area contributed by atoms with Gasteiger partial charge >= 0.3 is 5.97 Å². The van der Waals surface area contributed by atoms with Crippen molar-refractivity contribution in [2.75, 3.05) is 18.9 Å². The van der Waals surface area contributed by atoms with Crippen LogP contribution in [0.3, 0.4) is 0 Å². The highest BCUT2D eigenvalue weighted by atomic mass is 32.2. The molecule has 1 heterocycles. The number of rotatable bonds is 8. The summed E-state index contributed by atoms with van der Waals surface area (Å²) in [5, 5.41) is 6.25. The number of ether oxygens (including phenoxy) is 1. The maximum Gasteiger partial charge on any atom is 0.316 e. The molecule has 2 N–H and O–H groups in total. The number of para-hydroxylation sites is 1. The van der Waals surface area contributed by atoms with Crippen molar-refractivity contribution >= 4 is 45.3 Å². The van der Waals surface area contributed by atoms with Crippen molar-refractivity contribution in [2.45, 2.75) is 11.3 Å². The summed E-state index contributed by atoms with van der Waals surface area (Å²) in [7, 11) is 0. The number of fused-ring (bicyclic) bond motifs is 2. The largest absolute Gasteiger partial charge is 0.455 e. The zero-order chi connectivity index (χ0) is 20.8. The lowest BCUT2D eigenvalue weighted by molar-refractivity contribution is -0.145. The van der Waals surface area contributed by atoms with Crippen LogP contribution in [0.15, 0.2) is 77.8 Å². The van der Waals surface area contributed by atoms with Crippen LogP contribution in [-0.4, -0.2) is 35.8 Å². The van der Waals surface area contributed by atoms with Crippen LogP contribution in [0.2, 0.25) is 0 Å². The molecule has 1 amide bonds. The minimum atomic E-state index is -0.403. The van der Waals surface area contributed by atoms with Gasteiger partial charge in [0.05, 0.1) is 5.75 Å². The molecule has 1 aromatic heterocycles. The van der Waals surface area contributed by atoms with Gasteiger partial charge in [0.2, 0.25) is 0 Å². The number of amides is 1. The van der Waals surface area contributed by atoms with Crippen LogP contribution in [0.5, 0.6) is 0 Å². The van der Waals surface area contributed by atoms with Gasteiger partial charge in [-0.2, -0.15) is 0 Å². The Morgan fingerprint density at radius 3 is 2.67 bits per heavy atom. The third-order valence-corrected chi connectivity index (χ3v) is 5.80. The summed E-state index contributed by atoms with van der Waals surface area (Å²) < 4.78 is 5.09. The first-order valence-corrected chi connectivity index (χ1v) is 10.8. The first kappa shape index (κ1) is 20.0. The fraction of sp³-hybridized carbons (Fsp3) is 0.167. The summed E-state index contributed by atoms with van der Waals surface area (Å²) >= 11 is 1.40. The molecule has 0 aliphatic rings. The number of esters is 1. The molecule has 0 spiro atoms. The number of thioether (sulfide) groups is 1. The smallest absolute Gasteiger partial charge is 0.316 e. The van der Waals surface area contributed by atoms with E-state index in [9.17, 15) is 9.59 Å². The molecule has 3 aromatic carbocycles. The maximum absolute atomic E-state index is 12.0. The molecule has 0 saturated carbocycles. The average Bonchev–Trinajstić information content (AvgIpc) is 3.19. The first-order valence-electron chi connectivity index (χ1n) is 9.78. The predicted molar refractivity (Wildman–Crippen MR) is 121 cm³/mol. The van der Waals surface area contributed by atoms with Crippen LogP contribution < -0.4 is 5.32 Å². The summed E-state index contributed by atoms with van der Waals surface area (Å²) in [6.45, 7) is 0.231. The summed E-state index contributed by atoms with van der Waals surface area (Å²) in [6, 6.07) is 22.2. The molecule has 0 bridgehead atoms. The quantitative estimate of drug-likeness (QED) is 0.330. The topological polar surface area (TPSA) is 71.2 Å². The Bertz CT molecular complexity index is 1190. The first-order chi connectivity index (χ1) is 14.7. The van der Waals surface area contributed by atoms with Crippen molar-refractivity contribution in [3.8, 4) is 0 Å². The number of H-pyrrole nitrogens is 1. The minimum Gasteiger partial charge on any atom is -0.455 e. The van der Waals surface area contributed by atoms with Crippen LogP contribution >= 0.6 is 11.8 Å². The molecule has 0 aliphatic carbocycles. The van der Waals surface area contributed by atoms with Crippen molar-refractivity contribution in [2.24, 2.45) is 0 Å². The number of aromatic nitrogens is 1. The van der Waals surface area contributed by atoms with E-state index in [1.165, 1.54) is 11.8 Å². The molecule has 6 heteroatoms. The highest BCUT2D eigenvalue weighted by Crippen LogP contribution is 2.23. The van der Waals surface area contributed by atoms with Crippen molar-refractivity contribution in [1.29, 1.82) is 0 Å². The molecular weight excluding hydrogens is 396 g/mol. The molecule has 5 nitrogen and oxygen atoms in total. The van der Waals surface area contributed by atoms with Gasteiger partial charge in [-0.05, 0) is 41.0 Å². The summed E-state index contributed by atoms with van der Waals surface area (Å²) in [4.78, 5) is 28.1. The second-order valence-corrected chi connectivity index (χ2v) is 7.97. The van der Waals surface area contributed by atoms with Gasteiger partial charge < -0.3 is 15.0 Å². The molecule has 30 heavy (non-hydrogen) atoms. The normalized spacial score (nSPS) is 10.9. The second-order valence-electron chi connectivity index (χ2n) is 6.92. The second kappa shape index (κ2) is 9.50. The zero-order valence-electron chi connectivity index (χ0n) is 16.4. The van der Waals surface area contributed by atoms with Crippen molar-refractivity contribution in [3.05, 3.63) is 78.5 Å². The van der Waals surface area contributed by atoms with Crippen LogP contribution in [0.25, 0.3) is 21.7 Å². The molecule has 4 aromatic rings. The van der Waals surface area contributed by atoms with Crippen molar-refractivity contribution in [1.82, 2.24) is 10.3 Å². The van der Waals surface area contributed by atoms with Crippen molar-refractivity contribution < 1.29 is 14.3 Å². The number of aromatic amines is 1. The molecule has 0 saturated heterocycles. The van der Waals surface area contributed by atoms with Gasteiger partial charge in [-0.3, -0.25) is 9.59 Å². The lowest BCUT2D eigenvalue weighted by Crippen LogP contribution is -2.30. The third-order valence-electron chi connectivity index (χ3n) is 4.83. The minimum absolute atomic E-state index is 0.168. The molecule has 0 radical (unpaired) electrons. The monoisotopic (exact) mass is 418 g/mol. The molecule has 0 unspecified atom stereocenters. The Morgan fingerprint density at radius 1 is 0.967 bits per heavy atom. The van der Waals surface area contributed by atoms with Crippen LogP contribution in [0.1, 0.15) is 5.56 Å². The lowest BCUT2D eigenvalue weighted by Gasteiger charge is -2.07. The van der Waals surface area contributed by atoms with Gasteiger partial charge in [0, 0.05) is 28.5 Å². The van der Waals surface area contributed by atoms with Gasteiger partial charge in [0.1, 0.15) is 0 Å². The van der Waals surface area contributed by atoms with E-state index in [0.717, 1.165) is 32.1 Å². The van der Waals surface area contributed by atoms with E-state index < -0.39 is 5.97 Å². The predicted octanol–water partition coefficient (Wildman–Crippen LogP) is 4.32. The maximum atomic E-state index is 12.0. The van der Waals surface area contributed by atoms with Crippen molar-refractivity contribution in [3.63, 3.8) is 0 Å². The zero-order valence-corrected chi connectivity index (χ0v) is 17.2. The molecule has 4 rings (SSSR count). The van der Waals surface area contributed by atoms with E-state index in [1.54, 1.807) is 0 Å². The fourth-order valence-electron chi connectivity index (χ4n) is 3.31. The average molecular weight is 419 g/mol. The van der Waals surface area contributed by atoms with Gasteiger partial charge in [-0.1, -0.05) is 48.5 Å². The number of carbonyl (C=O) groups is 2. The van der Waals surface area contributed by atoms with E-state index in [0.29, 0.717) is 13.0 Å². The van der Waals surface area contributed by atoms with Gasteiger partial charge in [0.15, 0.2) is 6.61 Å². The van der Waals surface area contributed by atoms with E-state index in [2.05, 4.69) is 22.4 Å². The lowest BCUT2D eigenvalue weighted by atomic mass is 10.1. The highest BCUT2D eigenvalue weighted by molar-refractivity contribution is 8.00. The highest BCUT2D eigenvalue weighted by Gasteiger charge is 2.09. The number of hydrogen-bond donors (Lipinski definition) is 2. The van der Waals surface area contributed by atoms with Crippen LogP contribution in [0.4, 0.5) is 0 Å². The van der Waals surface area contributed by atoms with Gasteiger partial charge in [-0.25, -0.2) is 0 Å². The number of benzene rings is 3. The SMILES string of the molecule is O=C(COC(=O)CSc1ccc2ccccc2c1)NCCc1c[nH]c2ccccc12. The molecule has 152 valence electrons. The summed E-state index contributed by atoms with van der Waals surface area (Å²) in [5.74, 6) is -0.528. The summed E-state index contributed by atoms with van der Waals surface area (Å²) in [6.07, 6.45) is 2.67. The molecular formula is C24H22N2O3S. The third kappa shape index (κ3) is 5.02. The Hall–Kier alpha value is -3.25.